The van der Waals surface area contributed by atoms with E-state index in [4.69, 9.17) is 4.74 Å². The summed E-state index contributed by atoms with van der Waals surface area (Å²) in [4.78, 5) is 14.8. The summed E-state index contributed by atoms with van der Waals surface area (Å²) >= 11 is 1.77. The van der Waals surface area contributed by atoms with Crippen molar-refractivity contribution in [3.05, 3.63) is 102 Å². The van der Waals surface area contributed by atoms with E-state index in [1.807, 2.05) is 71.6 Å². The molecule has 1 heterocycles. The van der Waals surface area contributed by atoms with Gasteiger partial charge >= 0.3 is 6.03 Å². The zero-order valence-corrected chi connectivity index (χ0v) is 17.0. The van der Waals surface area contributed by atoms with Crippen LogP contribution in [0.1, 0.15) is 22.1 Å². The van der Waals surface area contributed by atoms with Crippen molar-refractivity contribution >= 4 is 17.8 Å². The summed E-state index contributed by atoms with van der Waals surface area (Å²) in [6, 6.07) is 28.1. The molecule has 0 aromatic heterocycles. The predicted molar refractivity (Wildman–Crippen MR) is 118 cm³/mol. The van der Waals surface area contributed by atoms with Gasteiger partial charge in [0.15, 0.2) is 0 Å². The minimum absolute atomic E-state index is 0.0401. The second-order valence-corrected chi connectivity index (χ2v) is 8.06. The van der Waals surface area contributed by atoms with E-state index in [1.54, 1.807) is 11.8 Å². The van der Waals surface area contributed by atoms with Crippen LogP contribution in [0, 0.1) is 0 Å². The molecule has 0 bridgehead atoms. The molecule has 148 valence electrons. The maximum absolute atomic E-state index is 12.9. The van der Waals surface area contributed by atoms with Crippen LogP contribution in [0.2, 0.25) is 0 Å². The number of para-hydroxylation sites is 1. The van der Waals surface area contributed by atoms with Crippen molar-refractivity contribution in [1.29, 1.82) is 0 Å². The Morgan fingerprint density at radius 1 is 0.931 bits per heavy atom. The quantitative estimate of drug-likeness (QED) is 0.612. The first-order chi connectivity index (χ1) is 14.3. The van der Waals surface area contributed by atoms with Gasteiger partial charge < -0.3 is 15.0 Å². The number of hydrogen-bond donors (Lipinski definition) is 1. The van der Waals surface area contributed by atoms with Crippen molar-refractivity contribution in [2.45, 2.75) is 18.5 Å². The minimum atomic E-state index is -0.0438. The molecule has 1 atom stereocenters. The van der Waals surface area contributed by atoms with Crippen molar-refractivity contribution in [3.63, 3.8) is 0 Å². The van der Waals surface area contributed by atoms with Gasteiger partial charge in [0.1, 0.15) is 17.7 Å². The Morgan fingerprint density at radius 2 is 1.59 bits per heavy atom. The van der Waals surface area contributed by atoms with Crippen molar-refractivity contribution in [1.82, 2.24) is 10.2 Å². The third kappa shape index (κ3) is 4.93. The van der Waals surface area contributed by atoms with Crippen molar-refractivity contribution in [2.75, 3.05) is 12.3 Å². The van der Waals surface area contributed by atoms with Crippen LogP contribution in [0.5, 0.6) is 5.75 Å². The minimum Gasteiger partial charge on any atom is -0.489 e. The molecule has 3 aromatic rings. The van der Waals surface area contributed by atoms with E-state index in [-0.39, 0.29) is 11.4 Å². The summed E-state index contributed by atoms with van der Waals surface area (Å²) < 4.78 is 6.12. The van der Waals surface area contributed by atoms with Crippen LogP contribution in [-0.2, 0) is 13.2 Å². The van der Waals surface area contributed by atoms with Crippen LogP contribution in [0.4, 0.5) is 4.79 Å². The number of nitrogens with one attached hydrogen (secondary N) is 1. The number of rotatable bonds is 6. The second-order valence-electron chi connectivity index (χ2n) is 6.87. The van der Waals surface area contributed by atoms with E-state index < -0.39 is 0 Å². The number of carbonyl (C=O) groups excluding carboxylic acids is 1. The Balaban J connectivity index is 1.44. The Morgan fingerprint density at radius 3 is 2.34 bits per heavy atom. The van der Waals surface area contributed by atoms with Crippen LogP contribution in [0.15, 0.2) is 84.9 Å². The highest BCUT2D eigenvalue weighted by Crippen LogP contribution is 2.42. The first kappa shape index (κ1) is 19.4. The van der Waals surface area contributed by atoms with Gasteiger partial charge in [0.2, 0.25) is 0 Å². The fourth-order valence-corrected chi connectivity index (χ4v) is 4.64. The van der Waals surface area contributed by atoms with Gasteiger partial charge in [-0.1, -0.05) is 78.9 Å². The zero-order valence-electron chi connectivity index (χ0n) is 16.2. The van der Waals surface area contributed by atoms with E-state index in [0.717, 1.165) is 34.7 Å². The zero-order chi connectivity index (χ0) is 19.9. The molecule has 2 amide bonds. The standard InChI is InChI=1S/C24H24N2O2S/c27-24(25-17-19-9-3-1-4-10-19)26-15-16-29-23(26)21-13-7-8-14-22(21)28-18-20-11-5-2-6-12-20/h1-14,23H,15-18H2,(H,25,27). The van der Waals surface area contributed by atoms with Gasteiger partial charge in [-0.2, -0.15) is 0 Å². The summed E-state index contributed by atoms with van der Waals surface area (Å²) in [7, 11) is 0. The van der Waals surface area contributed by atoms with Crippen molar-refractivity contribution in [2.24, 2.45) is 0 Å². The Bertz CT molecular complexity index is 934. The SMILES string of the molecule is O=C(NCc1ccccc1)N1CCSC1c1ccccc1OCc1ccccc1. The number of ether oxygens (including phenoxy) is 1. The molecule has 0 aliphatic carbocycles. The molecule has 4 rings (SSSR count). The number of thioether (sulfide) groups is 1. The van der Waals surface area contributed by atoms with Crippen molar-refractivity contribution < 1.29 is 9.53 Å². The average Bonchev–Trinajstić information content (AvgIpc) is 3.27. The molecule has 5 heteroatoms. The molecule has 3 aromatic carbocycles. The Kier molecular flexibility index (Phi) is 6.37. The Hall–Kier alpha value is -2.92. The van der Waals surface area contributed by atoms with E-state index in [1.165, 1.54) is 0 Å². The molecule has 1 aliphatic heterocycles. The molecule has 1 aliphatic rings. The molecule has 0 saturated carbocycles. The van der Waals surface area contributed by atoms with Gasteiger partial charge in [-0.15, -0.1) is 11.8 Å². The van der Waals surface area contributed by atoms with Crippen LogP contribution < -0.4 is 10.1 Å². The van der Waals surface area contributed by atoms with Gasteiger partial charge in [0.25, 0.3) is 0 Å². The topological polar surface area (TPSA) is 41.6 Å². The smallest absolute Gasteiger partial charge is 0.318 e. The van der Waals surface area contributed by atoms with E-state index in [2.05, 4.69) is 23.5 Å². The van der Waals surface area contributed by atoms with E-state index in [9.17, 15) is 4.79 Å². The van der Waals surface area contributed by atoms with Gasteiger partial charge in [-0.25, -0.2) is 4.79 Å². The number of carbonyl (C=O) groups is 1. The predicted octanol–water partition coefficient (Wildman–Crippen LogP) is 5.22. The highest BCUT2D eigenvalue weighted by atomic mass is 32.2. The van der Waals surface area contributed by atoms with E-state index in [0.29, 0.717) is 13.2 Å². The lowest BCUT2D eigenvalue weighted by Crippen LogP contribution is -2.39. The monoisotopic (exact) mass is 404 g/mol. The summed E-state index contributed by atoms with van der Waals surface area (Å²) in [5, 5.41) is 3.01. The van der Waals surface area contributed by atoms with Crippen LogP contribution in [0.25, 0.3) is 0 Å². The molecule has 29 heavy (non-hydrogen) atoms. The Labute approximate surface area is 175 Å². The van der Waals surface area contributed by atoms with Gasteiger partial charge in [0.05, 0.1) is 0 Å². The van der Waals surface area contributed by atoms with Crippen LogP contribution in [-0.4, -0.2) is 23.2 Å². The summed E-state index contributed by atoms with van der Waals surface area (Å²) in [6.07, 6.45) is 0. The summed E-state index contributed by atoms with van der Waals surface area (Å²) in [5.74, 6) is 1.74. The molecule has 0 spiro atoms. The first-order valence-corrected chi connectivity index (χ1v) is 10.8. The molecular formula is C24H24N2O2S. The number of amides is 2. The maximum Gasteiger partial charge on any atom is 0.318 e. The van der Waals surface area contributed by atoms with Gasteiger partial charge in [-0.3, -0.25) is 0 Å². The highest BCUT2D eigenvalue weighted by molar-refractivity contribution is 7.99. The molecule has 1 N–H and O–H groups in total. The summed E-state index contributed by atoms with van der Waals surface area (Å²) in [6.45, 7) is 1.76. The number of benzene rings is 3. The molecule has 0 radical (unpaired) electrons. The lowest BCUT2D eigenvalue weighted by atomic mass is 10.1. The fraction of sp³-hybridized carbons (Fsp3) is 0.208. The highest BCUT2D eigenvalue weighted by Gasteiger charge is 2.32. The average molecular weight is 405 g/mol. The number of urea groups is 1. The third-order valence-corrected chi connectivity index (χ3v) is 6.10. The van der Waals surface area contributed by atoms with Gasteiger partial charge in [0, 0.05) is 24.4 Å². The summed E-state index contributed by atoms with van der Waals surface area (Å²) in [5.41, 5.74) is 3.26. The third-order valence-electron chi connectivity index (χ3n) is 4.86. The normalized spacial score (nSPS) is 15.9. The molecule has 1 saturated heterocycles. The van der Waals surface area contributed by atoms with Gasteiger partial charge in [-0.05, 0) is 17.2 Å². The number of hydrogen-bond acceptors (Lipinski definition) is 3. The largest absolute Gasteiger partial charge is 0.489 e. The molecular weight excluding hydrogens is 380 g/mol. The molecule has 1 unspecified atom stereocenters. The van der Waals surface area contributed by atoms with Crippen LogP contribution >= 0.6 is 11.8 Å². The fourth-order valence-electron chi connectivity index (χ4n) is 3.36. The van der Waals surface area contributed by atoms with Crippen molar-refractivity contribution in [3.8, 4) is 5.75 Å². The molecule has 1 fully saturated rings. The lowest BCUT2D eigenvalue weighted by molar-refractivity contribution is 0.198. The maximum atomic E-state index is 12.9. The van der Waals surface area contributed by atoms with Crippen LogP contribution in [0.3, 0.4) is 0 Å². The number of nitrogens with zero attached hydrogens (tertiary/aromatic N) is 1. The second kappa shape index (κ2) is 9.52. The molecule has 4 nitrogen and oxygen atoms in total. The lowest BCUT2D eigenvalue weighted by Gasteiger charge is -2.26. The first-order valence-electron chi connectivity index (χ1n) is 9.77. The van der Waals surface area contributed by atoms with E-state index >= 15 is 0 Å².